The molecule has 3 rings (SSSR count). The molecule has 2 aromatic heterocycles. The van der Waals surface area contributed by atoms with Crippen LogP contribution in [0.3, 0.4) is 0 Å². The molecule has 0 amide bonds. The van der Waals surface area contributed by atoms with Crippen molar-refractivity contribution in [3.63, 3.8) is 0 Å². The molecule has 6 heteroatoms. The van der Waals surface area contributed by atoms with Crippen LogP contribution in [0.1, 0.15) is 18.2 Å². The molecule has 0 aromatic carbocycles. The van der Waals surface area contributed by atoms with Crippen LogP contribution in [0.5, 0.6) is 0 Å². The molecule has 1 aliphatic rings. The van der Waals surface area contributed by atoms with Gasteiger partial charge in [-0.05, 0) is 24.4 Å². The highest BCUT2D eigenvalue weighted by Gasteiger charge is 2.23. The minimum Gasteiger partial charge on any atom is -0.339 e. The van der Waals surface area contributed by atoms with Crippen molar-refractivity contribution in [1.29, 1.82) is 0 Å². The molecule has 86 valence electrons. The van der Waals surface area contributed by atoms with Gasteiger partial charge in [0.25, 0.3) is 0 Å². The van der Waals surface area contributed by atoms with Crippen LogP contribution in [-0.4, -0.2) is 23.2 Å². The quantitative estimate of drug-likeness (QED) is 0.897. The molecule has 0 bridgehead atoms. The Balaban J connectivity index is 0.000000963. The molecule has 0 unspecified atom stereocenters. The molecular formula is C10H12ClN3OS. The molecule has 4 nitrogen and oxygen atoms in total. The maximum absolute atomic E-state index is 5.28. The van der Waals surface area contributed by atoms with Gasteiger partial charge < -0.3 is 9.84 Å². The maximum atomic E-state index is 5.28. The molecule has 0 aliphatic carbocycles. The van der Waals surface area contributed by atoms with E-state index in [1.54, 1.807) is 11.3 Å². The van der Waals surface area contributed by atoms with Crippen LogP contribution in [0.25, 0.3) is 10.7 Å². The van der Waals surface area contributed by atoms with E-state index in [9.17, 15) is 0 Å². The van der Waals surface area contributed by atoms with Gasteiger partial charge in [0.1, 0.15) is 0 Å². The maximum Gasteiger partial charge on any atom is 0.231 e. The van der Waals surface area contributed by atoms with E-state index in [1.807, 2.05) is 17.5 Å². The second kappa shape index (κ2) is 4.95. The van der Waals surface area contributed by atoms with Crippen LogP contribution in [0.4, 0.5) is 0 Å². The highest BCUT2D eigenvalue weighted by atomic mass is 35.5. The summed E-state index contributed by atoms with van der Waals surface area (Å²) in [6, 6.07) is 4.00. The zero-order valence-corrected chi connectivity index (χ0v) is 10.2. The summed E-state index contributed by atoms with van der Waals surface area (Å²) >= 11 is 1.63. The fraction of sp³-hybridized carbons (Fsp3) is 0.400. The Hall–Kier alpha value is -0.910. The van der Waals surface area contributed by atoms with Gasteiger partial charge in [-0.3, -0.25) is 0 Å². The summed E-state index contributed by atoms with van der Waals surface area (Å²) in [5, 5.41) is 9.31. The SMILES string of the molecule is Cl.c1csc(-c2noc([C@H]3CCNC3)n2)c1. The molecule has 0 saturated carbocycles. The Morgan fingerprint density at radius 2 is 2.44 bits per heavy atom. The van der Waals surface area contributed by atoms with Gasteiger partial charge in [0.2, 0.25) is 11.7 Å². The Morgan fingerprint density at radius 3 is 3.12 bits per heavy atom. The molecular weight excluding hydrogens is 246 g/mol. The summed E-state index contributed by atoms with van der Waals surface area (Å²) in [4.78, 5) is 5.49. The van der Waals surface area contributed by atoms with Crippen LogP contribution in [0, 0.1) is 0 Å². The van der Waals surface area contributed by atoms with E-state index in [2.05, 4.69) is 15.5 Å². The number of halogens is 1. The number of nitrogens with zero attached hydrogens (tertiary/aromatic N) is 2. The fourth-order valence-corrected chi connectivity index (χ4v) is 2.42. The minimum atomic E-state index is 0. The summed E-state index contributed by atoms with van der Waals surface area (Å²) < 4.78 is 5.28. The first-order valence-electron chi connectivity index (χ1n) is 5.01. The Bertz CT molecular complexity index is 437. The van der Waals surface area contributed by atoms with Crippen molar-refractivity contribution in [2.45, 2.75) is 12.3 Å². The van der Waals surface area contributed by atoms with Crippen molar-refractivity contribution in [3.05, 3.63) is 23.4 Å². The Kier molecular flexibility index (Phi) is 3.58. The standard InChI is InChI=1S/C10H11N3OS.ClH/c1-2-8(15-5-1)9-12-10(14-13-9)7-3-4-11-6-7;/h1-2,5,7,11H,3-4,6H2;1H/t7-;/m0./s1. The second-order valence-electron chi connectivity index (χ2n) is 3.62. The second-order valence-corrected chi connectivity index (χ2v) is 4.57. The van der Waals surface area contributed by atoms with Crippen molar-refractivity contribution in [2.24, 2.45) is 0 Å². The lowest BCUT2D eigenvalue weighted by molar-refractivity contribution is 0.359. The number of aromatic nitrogens is 2. The first-order chi connectivity index (χ1) is 7.43. The van der Waals surface area contributed by atoms with Gasteiger partial charge in [0.05, 0.1) is 10.8 Å². The van der Waals surface area contributed by atoms with Crippen molar-refractivity contribution >= 4 is 23.7 Å². The van der Waals surface area contributed by atoms with Gasteiger partial charge >= 0.3 is 0 Å². The third kappa shape index (κ3) is 2.11. The lowest BCUT2D eigenvalue weighted by Gasteiger charge is -1.98. The average Bonchev–Trinajstić information content (AvgIpc) is 3.02. The number of thiophene rings is 1. The fourth-order valence-electron chi connectivity index (χ4n) is 1.77. The topological polar surface area (TPSA) is 51.0 Å². The Morgan fingerprint density at radius 1 is 1.50 bits per heavy atom. The molecule has 2 aromatic rings. The minimum absolute atomic E-state index is 0. The van der Waals surface area contributed by atoms with E-state index in [0.717, 1.165) is 30.3 Å². The molecule has 1 fully saturated rings. The first-order valence-corrected chi connectivity index (χ1v) is 5.89. The van der Waals surface area contributed by atoms with Gasteiger partial charge in [0, 0.05) is 6.54 Å². The van der Waals surface area contributed by atoms with Gasteiger partial charge in [0.15, 0.2) is 0 Å². The van der Waals surface area contributed by atoms with Gasteiger partial charge in [-0.1, -0.05) is 11.2 Å². The molecule has 3 heterocycles. The number of rotatable bonds is 2. The zero-order valence-electron chi connectivity index (χ0n) is 8.55. The third-order valence-electron chi connectivity index (χ3n) is 2.59. The van der Waals surface area contributed by atoms with E-state index >= 15 is 0 Å². The molecule has 1 N–H and O–H groups in total. The number of hydrogen-bond acceptors (Lipinski definition) is 5. The van der Waals surface area contributed by atoms with Gasteiger partial charge in [-0.2, -0.15) is 4.98 Å². The first kappa shape index (κ1) is 11.6. The van der Waals surface area contributed by atoms with Crippen LogP contribution in [-0.2, 0) is 0 Å². The predicted octanol–water partition coefficient (Wildman–Crippen LogP) is 2.30. The summed E-state index contributed by atoms with van der Waals surface area (Å²) in [6.45, 7) is 1.99. The third-order valence-corrected chi connectivity index (χ3v) is 3.46. The van der Waals surface area contributed by atoms with E-state index in [0.29, 0.717) is 11.7 Å². The van der Waals surface area contributed by atoms with E-state index in [1.165, 1.54) is 0 Å². The molecule has 1 saturated heterocycles. The Labute approximate surface area is 103 Å². The van der Waals surface area contributed by atoms with E-state index in [4.69, 9.17) is 4.52 Å². The predicted molar refractivity (Wildman–Crippen MR) is 65.1 cm³/mol. The largest absolute Gasteiger partial charge is 0.339 e. The molecule has 0 spiro atoms. The van der Waals surface area contributed by atoms with Crippen molar-refractivity contribution in [1.82, 2.24) is 15.5 Å². The lowest BCUT2D eigenvalue weighted by atomic mass is 10.1. The molecule has 0 radical (unpaired) electrons. The van der Waals surface area contributed by atoms with Crippen molar-refractivity contribution < 1.29 is 4.52 Å². The molecule has 1 atom stereocenters. The van der Waals surface area contributed by atoms with Crippen LogP contribution < -0.4 is 5.32 Å². The number of hydrogen-bond donors (Lipinski definition) is 1. The number of nitrogens with one attached hydrogen (secondary N) is 1. The summed E-state index contributed by atoms with van der Waals surface area (Å²) in [5.74, 6) is 1.88. The van der Waals surface area contributed by atoms with Gasteiger partial charge in [-0.25, -0.2) is 0 Å². The molecule has 16 heavy (non-hydrogen) atoms. The van der Waals surface area contributed by atoms with Crippen LogP contribution in [0.2, 0.25) is 0 Å². The monoisotopic (exact) mass is 257 g/mol. The van der Waals surface area contributed by atoms with Crippen molar-refractivity contribution in [3.8, 4) is 10.7 Å². The van der Waals surface area contributed by atoms with Crippen LogP contribution in [0.15, 0.2) is 22.0 Å². The van der Waals surface area contributed by atoms with Gasteiger partial charge in [-0.15, -0.1) is 23.7 Å². The van der Waals surface area contributed by atoms with E-state index < -0.39 is 0 Å². The molecule has 1 aliphatic heterocycles. The van der Waals surface area contributed by atoms with Crippen LogP contribution >= 0.6 is 23.7 Å². The zero-order chi connectivity index (χ0) is 10.1. The summed E-state index contributed by atoms with van der Waals surface area (Å²) in [5.41, 5.74) is 0. The highest BCUT2D eigenvalue weighted by molar-refractivity contribution is 7.13. The average molecular weight is 258 g/mol. The lowest BCUT2D eigenvalue weighted by Crippen LogP contribution is -2.08. The highest BCUT2D eigenvalue weighted by Crippen LogP contribution is 2.25. The van der Waals surface area contributed by atoms with Crippen molar-refractivity contribution in [2.75, 3.05) is 13.1 Å². The van der Waals surface area contributed by atoms with E-state index in [-0.39, 0.29) is 12.4 Å². The smallest absolute Gasteiger partial charge is 0.231 e. The summed E-state index contributed by atoms with van der Waals surface area (Å²) in [6.07, 6.45) is 1.09. The normalized spacial score (nSPS) is 19.6. The summed E-state index contributed by atoms with van der Waals surface area (Å²) in [7, 11) is 0.